The molecule has 206 valence electrons. The van der Waals surface area contributed by atoms with Crippen molar-refractivity contribution in [2.24, 2.45) is 0 Å². The zero-order chi connectivity index (χ0) is 28.8. The molecular weight excluding hydrogens is 560 g/mol. The van der Waals surface area contributed by atoms with Gasteiger partial charge in [0.25, 0.3) is 11.1 Å². The lowest BCUT2D eigenvalue weighted by atomic mass is 10.1. The molecule has 3 aromatic rings. The Kier molecular flexibility index (Phi) is 9.08. The summed E-state index contributed by atoms with van der Waals surface area (Å²) < 4.78 is 10.9. The highest BCUT2D eigenvalue weighted by molar-refractivity contribution is 8.18. The molecule has 40 heavy (non-hydrogen) atoms. The summed E-state index contributed by atoms with van der Waals surface area (Å²) in [5, 5.41) is 11.5. The number of unbranched alkanes of at least 4 members (excludes halogenated alkanes) is 1. The van der Waals surface area contributed by atoms with Crippen LogP contribution >= 0.6 is 23.4 Å². The van der Waals surface area contributed by atoms with Gasteiger partial charge < -0.3 is 19.6 Å². The van der Waals surface area contributed by atoms with Gasteiger partial charge in [0.2, 0.25) is 5.91 Å². The fourth-order valence-corrected chi connectivity index (χ4v) is 4.73. The molecule has 2 aromatic carbocycles. The Morgan fingerprint density at radius 3 is 2.62 bits per heavy atom. The molecule has 10 nitrogen and oxygen atoms in total. The van der Waals surface area contributed by atoms with Gasteiger partial charge in [-0.2, -0.15) is 0 Å². The average Bonchev–Trinajstić information content (AvgIpc) is 3.50. The van der Waals surface area contributed by atoms with Crippen LogP contribution in [0.15, 0.2) is 63.9 Å². The van der Waals surface area contributed by atoms with Gasteiger partial charge in [-0.05, 0) is 54.6 Å². The van der Waals surface area contributed by atoms with Crippen LogP contribution in [0.25, 0.3) is 17.4 Å². The van der Waals surface area contributed by atoms with Crippen LogP contribution < -0.4 is 5.32 Å². The predicted octanol–water partition coefficient (Wildman–Crippen LogP) is 5.93. The Morgan fingerprint density at radius 2 is 1.88 bits per heavy atom. The van der Waals surface area contributed by atoms with E-state index in [2.05, 4.69) is 5.32 Å². The zero-order valence-corrected chi connectivity index (χ0v) is 22.7. The van der Waals surface area contributed by atoms with E-state index in [9.17, 15) is 29.1 Å². The number of aromatic carboxylic acids is 1. The molecule has 1 saturated heterocycles. The van der Waals surface area contributed by atoms with Crippen LogP contribution in [0, 0.1) is 0 Å². The van der Waals surface area contributed by atoms with Gasteiger partial charge in [-0.1, -0.05) is 43.1 Å². The first kappa shape index (κ1) is 28.7. The number of carbonyl (C=O) groups excluding carboxylic acids is 4. The van der Waals surface area contributed by atoms with Crippen LogP contribution in [0.1, 0.15) is 46.2 Å². The summed E-state index contributed by atoms with van der Waals surface area (Å²) in [6.07, 6.45) is 2.90. The van der Waals surface area contributed by atoms with Gasteiger partial charge in [0.05, 0.1) is 27.7 Å². The van der Waals surface area contributed by atoms with E-state index in [0.29, 0.717) is 23.7 Å². The van der Waals surface area contributed by atoms with Gasteiger partial charge in [0, 0.05) is 17.3 Å². The van der Waals surface area contributed by atoms with Crippen molar-refractivity contribution in [3.63, 3.8) is 0 Å². The van der Waals surface area contributed by atoms with Crippen molar-refractivity contribution >= 4 is 64.1 Å². The van der Waals surface area contributed by atoms with Crippen LogP contribution in [0.5, 0.6) is 0 Å². The molecular formula is C28H23ClN2O8S. The van der Waals surface area contributed by atoms with Gasteiger partial charge >= 0.3 is 11.9 Å². The van der Waals surface area contributed by atoms with Gasteiger partial charge in [0.15, 0.2) is 0 Å². The van der Waals surface area contributed by atoms with Gasteiger partial charge in [0.1, 0.15) is 18.1 Å². The normalized spacial score (nSPS) is 14.1. The molecule has 0 spiro atoms. The number of nitrogens with one attached hydrogen (secondary N) is 1. The summed E-state index contributed by atoms with van der Waals surface area (Å²) in [4.78, 5) is 62.7. The minimum Gasteiger partial charge on any atom is -0.478 e. The van der Waals surface area contributed by atoms with Crippen LogP contribution in [0.2, 0.25) is 5.02 Å². The fraction of sp³-hybridized carbons (Fsp3) is 0.179. The number of hydrogen-bond donors (Lipinski definition) is 2. The second kappa shape index (κ2) is 12.7. The lowest BCUT2D eigenvalue weighted by Crippen LogP contribution is -2.36. The maximum absolute atomic E-state index is 12.9. The number of thioether (sulfide) groups is 1. The van der Waals surface area contributed by atoms with Crippen molar-refractivity contribution in [3.8, 4) is 11.3 Å². The summed E-state index contributed by atoms with van der Waals surface area (Å²) in [5.74, 6) is -2.59. The maximum Gasteiger partial charge on any atom is 0.339 e. The first-order valence-corrected chi connectivity index (χ1v) is 13.3. The number of halogens is 1. The summed E-state index contributed by atoms with van der Waals surface area (Å²) >= 11 is 6.74. The van der Waals surface area contributed by atoms with Crippen LogP contribution in [0.3, 0.4) is 0 Å². The molecule has 0 bridgehead atoms. The Bertz CT molecular complexity index is 1530. The Labute approximate surface area is 237 Å². The Balaban J connectivity index is 1.43. The highest BCUT2D eigenvalue weighted by Crippen LogP contribution is 2.34. The number of imide groups is 1. The minimum atomic E-state index is -1.12. The summed E-state index contributed by atoms with van der Waals surface area (Å²) in [5.41, 5.74) is 0.729. The van der Waals surface area contributed by atoms with E-state index in [-0.39, 0.29) is 44.9 Å². The molecule has 1 aliphatic rings. The first-order valence-electron chi connectivity index (χ1n) is 12.1. The maximum atomic E-state index is 12.9. The lowest BCUT2D eigenvalue weighted by molar-refractivity contribution is -0.127. The van der Waals surface area contributed by atoms with Crippen molar-refractivity contribution in [1.29, 1.82) is 0 Å². The van der Waals surface area contributed by atoms with Crippen LogP contribution in [-0.4, -0.2) is 52.2 Å². The highest BCUT2D eigenvalue weighted by atomic mass is 35.5. The number of carbonyl (C=O) groups is 5. The van der Waals surface area contributed by atoms with Crippen molar-refractivity contribution < 1.29 is 38.2 Å². The molecule has 0 saturated carbocycles. The molecule has 0 unspecified atom stereocenters. The SMILES string of the molecule is CCCCOC(=O)c1cc(NC(=O)CN2C(=O)S/C(=C\c3ccc(-c4ccccc4C(=O)O)o3)C2=O)ccc1Cl. The van der Waals surface area contributed by atoms with Crippen LogP contribution in [-0.2, 0) is 14.3 Å². The Hall–Kier alpha value is -4.35. The molecule has 0 aliphatic carbocycles. The summed E-state index contributed by atoms with van der Waals surface area (Å²) in [6.45, 7) is 1.64. The molecule has 2 N–H and O–H groups in total. The lowest BCUT2D eigenvalue weighted by Gasteiger charge is -2.13. The molecule has 1 fully saturated rings. The second-order valence-electron chi connectivity index (χ2n) is 8.55. The van der Waals surface area contributed by atoms with Crippen molar-refractivity contribution in [1.82, 2.24) is 4.90 Å². The number of carboxylic acid groups (broad SMARTS) is 1. The topological polar surface area (TPSA) is 143 Å². The number of esters is 1. The number of carboxylic acids is 1. The molecule has 4 rings (SSSR count). The van der Waals surface area contributed by atoms with E-state index < -0.39 is 35.5 Å². The van der Waals surface area contributed by atoms with Crippen molar-refractivity contribution in [2.75, 3.05) is 18.5 Å². The Morgan fingerprint density at radius 1 is 1.10 bits per heavy atom. The number of rotatable bonds is 10. The number of ether oxygens (including phenoxy) is 1. The third kappa shape index (κ3) is 6.61. The van der Waals surface area contributed by atoms with E-state index in [1.54, 1.807) is 30.3 Å². The molecule has 12 heteroatoms. The number of amides is 3. The monoisotopic (exact) mass is 582 g/mol. The molecule has 0 atom stereocenters. The van der Waals surface area contributed by atoms with E-state index in [0.717, 1.165) is 11.3 Å². The van der Waals surface area contributed by atoms with Gasteiger partial charge in [-0.3, -0.25) is 19.3 Å². The molecule has 1 aliphatic heterocycles. The number of furan rings is 1. The van der Waals surface area contributed by atoms with Gasteiger partial charge in [-0.25, -0.2) is 9.59 Å². The van der Waals surface area contributed by atoms with Crippen molar-refractivity contribution in [2.45, 2.75) is 19.8 Å². The predicted molar refractivity (Wildman–Crippen MR) is 149 cm³/mol. The smallest absolute Gasteiger partial charge is 0.339 e. The quantitative estimate of drug-likeness (QED) is 0.169. The zero-order valence-electron chi connectivity index (χ0n) is 21.1. The summed E-state index contributed by atoms with van der Waals surface area (Å²) in [6, 6.07) is 13.7. The number of benzene rings is 2. The number of nitrogens with zero attached hydrogens (tertiary/aromatic N) is 1. The first-order chi connectivity index (χ1) is 19.2. The second-order valence-corrected chi connectivity index (χ2v) is 9.95. The number of hydrogen-bond acceptors (Lipinski definition) is 8. The molecule has 2 heterocycles. The molecule has 3 amide bonds. The third-order valence-corrected chi connectivity index (χ3v) is 6.94. The van der Waals surface area contributed by atoms with E-state index in [4.69, 9.17) is 20.8 Å². The van der Waals surface area contributed by atoms with E-state index >= 15 is 0 Å². The van der Waals surface area contributed by atoms with E-state index in [1.165, 1.54) is 30.3 Å². The summed E-state index contributed by atoms with van der Waals surface area (Å²) in [7, 11) is 0. The third-order valence-electron chi connectivity index (χ3n) is 5.70. The molecule has 1 aromatic heterocycles. The highest BCUT2D eigenvalue weighted by Gasteiger charge is 2.36. The molecule has 0 radical (unpaired) electrons. The fourth-order valence-electron chi connectivity index (χ4n) is 3.72. The van der Waals surface area contributed by atoms with Gasteiger partial charge in [-0.15, -0.1) is 0 Å². The standard InChI is InChI=1S/C28H23ClN2O8S/c1-2-3-12-38-27(36)20-13-16(8-10-21(20)29)30-24(32)15-31-25(33)23(40-28(31)37)14-17-9-11-22(39-17)18-6-4-5-7-19(18)26(34)35/h4-11,13-14H,2-3,12,15H2,1H3,(H,30,32)(H,34,35)/b23-14-. The van der Waals surface area contributed by atoms with Crippen molar-refractivity contribution in [3.05, 3.63) is 81.4 Å². The van der Waals surface area contributed by atoms with Crippen LogP contribution in [0.4, 0.5) is 10.5 Å². The van der Waals surface area contributed by atoms with E-state index in [1.807, 2.05) is 6.92 Å². The largest absolute Gasteiger partial charge is 0.478 e. The average molecular weight is 583 g/mol. The number of anilines is 1. The minimum absolute atomic E-state index is 0.0359.